The average Bonchev–Trinajstić information content (AvgIpc) is 3.21. The van der Waals surface area contributed by atoms with E-state index in [0.717, 1.165) is 11.1 Å². The van der Waals surface area contributed by atoms with E-state index in [0.29, 0.717) is 28.9 Å². The van der Waals surface area contributed by atoms with E-state index < -0.39 is 0 Å². The van der Waals surface area contributed by atoms with Crippen LogP contribution >= 0.6 is 0 Å². The van der Waals surface area contributed by atoms with E-state index in [-0.39, 0.29) is 11.7 Å². The first-order chi connectivity index (χ1) is 14.1. The van der Waals surface area contributed by atoms with Crippen molar-refractivity contribution < 1.29 is 18.4 Å². The fourth-order valence-electron chi connectivity index (χ4n) is 2.67. The third-order valence-electron chi connectivity index (χ3n) is 4.04. The second-order valence-electron chi connectivity index (χ2n) is 6.26. The highest BCUT2D eigenvalue weighted by molar-refractivity contribution is 5.88. The molecule has 4 rings (SSSR count). The number of benzene rings is 3. The van der Waals surface area contributed by atoms with Gasteiger partial charge in [0.15, 0.2) is 0 Å². The highest BCUT2D eigenvalue weighted by Crippen LogP contribution is 2.27. The van der Waals surface area contributed by atoms with Gasteiger partial charge >= 0.3 is 0 Å². The fourth-order valence-corrected chi connectivity index (χ4v) is 2.67. The number of nitrogens with zero attached hydrogens (tertiary/aromatic N) is 2. The van der Waals surface area contributed by atoms with Gasteiger partial charge in [-0.2, -0.15) is 4.98 Å². The Morgan fingerprint density at radius 3 is 2.10 bits per heavy atom. The van der Waals surface area contributed by atoms with E-state index in [2.05, 4.69) is 15.5 Å². The minimum absolute atomic E-state index is 0.135. The SMILES string of the molecule is CC(=O)Nc1ccc(-c2nc(-c3ccc(Oc4ccc(F)cc4)cc3)no2)cc1. The van der Waals surface area contributed by atoms with Crippen LogP contribution in [0, 0.1) is 5.82 Å². The standard InChI is InChI=1S/C22H16FN3O3/c1-14(27)24-18-8-2-16(3-9-18)22-25-21(26-29-22)15-4-10-19(11-5-15)28-20-12-6-17(23)7-13-20/h2-13H,1H3,(H,24,27). The van der Waals surface area contributed by atoms with E-state index in [9.17, 15) is 9.18 Å². The molecular formula is C22H16FN3O3. The number of aromatic nitrogens is 2. The predicted molar refractivity (Wildman–Crippen MR) is 106 cm³/mol. The molecule has 0 aliphatic carbocycles. The van der Waals surface area contributed by atoms with Crippen molar-refractivity contribution in [2.24, 2.45) is 0 Å². The first kappa shape index (κ1) is 18.4. The van der Waals surface area contributed by atoms with Gasteiger partial charge in [0.25, 0.3) is 5.89 Å². The Bertz CT molecular complexity index is 1120. The molecule has 7 heteroatoms. The number of hydrogen-bond acceptors (Lipinski definition) is 5. The summed E-state index contributed by atoms with van der Waals surface area (Å²) < 4.78 is 24.0. The van der Waals surface area contributed by atoms with Crippen LogP contribution in [0.5, 0.6) is 11.5 Å². The molecule has 0 unspecified atom stereocenters. The predicted octanol–water partition coefficient (Wildman–Crippen LogP) is 5.29. The zero-order valence-electron chi connectivity index (χ0n) is 15.4. The molecule has 1 amide bonds. The van der Waals surface area contributed by atoms with Gasteiger partial charge in [-0.05, 0) is 72.8 Å². The maximum atomic E-state index is 13.0. The van der Waals surface area contributed by atoms with Gasteiger partial charge in [0.2, 0.25) is 11.7 Å². The quantitative estimate of drug-likeness (QED) is 0.502. The molecule has 0 spiro atoms. The molecule has 0 aliphatic rings. The van der Waals surface area contributed by atoms with E-state index in [1.165, 1.54) is 19.1 Å². The summed E-state index contributed by atoms with van der Waals surface area (Å²) in [5.74, 6) is 1.52. The number of carbonyl (C=O) groups is 1. The lowest BCUT2D eigenvalue weighted by atomic mass is 10.2. The molecule has 0 saturated carbocycles. The summed E-state index contributed by atoms with van der Waals surface area (Å²) in [6, 6.07) is 20.1. The number of ether oxygens (including phenoxy) is 1. The van der Waals surface area contributed by atoms with Crippen molar-refractivity contribution in [3.05, 3.63) is 78.6 Å². The number of carbonyl (C=O) groups excluding carboxylic acids is 1. The summed E-state index contributed by atoms with van der Waals surface area (Å²) in [5, 5.41) is 6.72. The van der Waals surface area contributed by atoms with Crippen LogP contribution in [0.1, 0.15) is 6.92 Å². The molecule has 1 aromatic heterocycles. The third-order valence-corrected chi connectivity index (χ3v) is 4.04. The number of halogens is 1. The zero-order valence-corrected chi connectivity index (χ0v) is 15.4. The highest BCUT2D eigenvalue weighted by atomic mass is 19.1. The van der Waals surface area contributed by atoms with Crippen LogP contribution in [-0.4, -0.2) is 16.0 Å². The Labute approximate surface area is 166 Å². The molecule has 0 radical (unpaired) electrons. The largest absolute Gasteiger partial charge is 0.457 e. The van der Waals surface area contributed by atoms with Gasteiger partial charge in [-0.15, -0.1) is 0 Å². The van der Waals surface area contributed by atoms with Crippen LogP contribution in [-0.2, 0) is 4.79 Å². The normalized spacial score (nSPS) is 10.6. The Kier molecular flexibility index (Phi) is 5.03. The van der Waals surface area contributed by atoms with Crippen molar-refractivity contribution in [3.63, 3.8) is 0 Å². The van der Waals surface area contributed by atoms with E-state index in [1.54, 1.807) is 48.5 Å². The Morgan fingerprint density at radius 2 is 1.48 bits per heavy atom. The van der Waals surface area contributed by atoms with Gasteiger partial charge in [0.05, 0.1) is 0 Å². The number of anilines is 1. The van der Waals surface area contributed by atoms with E-state index >= 15 is 0 Å². The van der Waals surface area contributed by atoms with Crippen molar-refractivity contribution in [2.75, 3.05) is 5.32 Å². The van der Waals surface area contributed by atoms with Crippen LogP contribution in [0.2, 0.25) is 0 Å². The van der Waals surface area contributed by atoms with Gasteiger partial charge in [-0.1, -0.05) is 5.16 Å². The average molecular weight is 389 g/mol. The van der Waals surface area contributed by atoms with Gasteiger partial charge in [-0.3, -0.25) is 4.79 Å². The fraction of sp³-hybridized carbons (Fsp3) is 0.0455. The van der Waals surface area contributed by atoms with Gasteiger partial charge in [0, 0.05) is 23.7 Å². The molecular weight excluding hydrogens is 373 g/mol. The Hall–Kier alpha value is -4.00. The van der Waals surface area contributed by atoms with Crippen molar-refractivity contribution in [3.8, 4) is 34.3 Å². The summed E-state index contributed by atoms with van der Waals surface area (Å²) in [6.45, 7) is 1.45. The number of amides is 1. The summed E-state index contributed by atoms with van der Waals surface area (Å²) in [5.41, 5.74) is 2.20. The maximum absolute atomic E-state index is 13.0. The first-order valence-electron chi connectivity index (χ1n) is 8.82. The van der Waals surface area contributed by atoms with Crippen molar-refractivity contribution in [1.29, 1.82) is 0 Å². The van der Waals surface area contributed by atoms with Crippen LogP contribution in [0.25, 0.3) is 22.8 Å². The molecule has 4 aromatic rings. The smallest absolute Gasteiger partial charge is 0.258 e. The molecule has 0 bridgehead atoms. The second kappa shape index (κ2) is 7.93. The number of rotatable bonds is 5. The lowest BCUT2D eigenvalue weighted by molar-refractivity contribution is -0.114. The van der Waals surface area contributed by atoms with Gasteiger partial charge < -0.3 is 14.6 Å². The Morgan fingerprint density at radius 1 is 0.897 bits per heavy atom. The first-order valence-corrected chi connectivity index (χ1v) is 8.82. The molecule has 3 aromatic carbocycles. The van der Waals surface area contributed by atoms with Crippen LogP contribution in [0.3, 0.4) is 0 Å². The monoisotopic (exact) mass is 389 g/mol. The highest BCUT2D eigenvalue weighted by Gasteiger charge is 2.11. The maximum Gasteiger partial charge on any atom is 0.258 e. The molecule has 1 N–H and O–H groups in total. The third kappa shape index (κ3) is 4.47. The summed E-state index contributed by atoms with van der Waals surface area (Å²) in [7, 11) is 0. The molecule has 0 aliphatic heterocycles. The van der Waals surface area contributed by atoms with E-state index in [1.807, 2.05) is 12.1 Å². The molecule has 1 heterocycles. The minimum Gasteiger partial charge on any atom is -0.457 e. The molecule has 144 valence electrons. The minimum atomic E-state index is -0.314. The van der Waals surface area contributed by atoms with Crippen molar-refractivity contribution >= 4 is 11.6 Å². The van der Waals surface area contributed by atoms with Crippen LogP contribution in [0.15, 0.2) is 77.3 Å². The van der Waals surface area contributed by atoms with Crippen LogP contribution < -0.4 is 10.1 Å². The summed E-state index contributed by atoms with van der Waals surface area (Å²) >= 11 is 0. The lowest BCUT2D eigenvalue weighted by Crippen LogP contribution is -2.05. The second-order valence-corrected chi connectivity index (χ2v) is 6.26. The van der Waals surface area contributed by atoms with Gasteiger partial charge in [0.1, 0.15) is 17.3 Å². The summed E-state index contributed by atoms with van der Waals surface area (Å²) in [6.07, 6.45) is 0. The van der Waals surface area contributed by atoms with Crippen molar-refractivity contribution in [1.82, 2.24) is 10.1 Å². The molecule has 29 heavy (non-hydrogen) atoms. The lowest BCUT2D eigenvalue weighted by Gasteiger charge is -2.05. The molecule has 6 nitrogen and oxygen atoms in total. The molecule has 0 saturated heterocycles. The topological polar surface area (TPSA) is 77.2 Å². The molecule has 0 atom stereocenters. The molecule has 0 fully saturated rings. The zero-order chi connectivity index (χ0) is 20.2. The summed E-state index contributed by atoms with van der Waals surface area (Å²) in [4.78, 5) is 15.5. The van der Waals surface area contributed by atoms with Gasteiger partial charge in [-0.25, -0.2) is 4.39 Å². The van der Waals surface area contributed by atoms with E-state index in [4.69, 9.17) is 9.26 Å². The number of nitrogens with one attached hydrogen (secondary N) is 1. The van der Waals surface area contributed by atoms with Crippen molar-refractivity contribution in [2.45, 2.75) is 6.92 Å². The number of hydrogen-bond donors (Lipinski definition) is 1. The van der Waals surface area contributed by atoms with Crippen LogP contribution in [0.4, 0.5) is 10.1 Å². The Balaban J connectivity index is 1.47.